The second-order valence-corrected chi connectivity index (χ2v) is 9.93. The third-order valence-electron chi connectivity index (χ3n) is 6.61. The zero-order chi connectivity index (χ0) is 25.8. The van der Waals surface area contributed by atoms with Crippen LogP contribution < -0.4 is 4.74 Å². The van der Waals surface area contributed by atoms with Crippen molar-refractivity contribution in [3.8, 4) is 17.0 Å². The number of aromatic amines is 1. The Labute approximate surface area is 225 Å². The van der Waals surface area contributed by atoms with E-state index in [1.807, 2.05) is 49.4 Å². The van der Waals surface area contributed by atoms with E-state index < -0.39 is 0 Å². The molecule has 37 heavy (non-hydrogen) atoms. The van der Waals surface area contributed by atoms with Crippen LogP contribution in [0.5, 0.6) is 5.75 Å². The number of nitrogens with one attached hydrogen (secondary N) is 1. The molecule has 1 aliphatic rings. The third-order valence-corrected chi connectivity index (χ3v) is 7.21. The fourth-order valence-corrected chi connectivity index (χ4v) is 5.28. The van der Waals surface area contributed by atoms with E-state index in [4.69, 9.17) is 32.7 Å². The number of fused-ring (bicyclic) bond motifs is 1. The van der Waals surface area contributed by atoms with Gasteiger partial charge in [-0.3, -0.25) is 19.8 Å². The van der Waals surface area contributed by atoms with Crippen LogP contribution >= 0.6 is 23.2 Å². The van der Waals surface area contributed by atoms with Gasteiger partial charge in [-0.15, -0.1) is 0 Å². The molecular formula is C28H28Cl2N4O3. The molecule has 3 heterocycles. The summed E-state index contributed by atoms with van der Waals surface area (Å²) in [6.45, 7) is 6.25. The number of carbonyl (C=O) groups is 1. The van der Waals surface area contributed by atoms with Crippen LogP contribution in [0.1, 0.15) is 41.8 Å². The van der Waals surface area contributed by atoms with Crippen molar-refractivity contribution < 1.29 is 14.3 Å². The Kier molecular flexibility index (Phi) is 8.05. The van der Waals surface area contributed by atoms with Gasteiger partial charge in [0.25, 0.3) is 0 Å². The first-order valence-corrected chi connectivity index (χ1v) is 13.1. The molecule has 0 bridgehead atoms. The minimum Gasteiger partial charge on any atom is -0.486 e. The summed E-state index contributed by atoms with van der Waals surface area (Å²) in [4.78, 5) is 19.1. The molecule has 2 aromatic heterocycles. The van der Waals surface area contributed by atoms with Crippen molar-refractivity contribution >= 4 is 39.9 Å². The summed E-state index contributed by atoms with van der Waals surface area (Å²) < 4.78 is 11.5. The van der Waals surface area contributed by atoms with Crippen molar-refractivity contribution in [3.05, 3.63) is 76.0 Å². The van der Waals surface area contributed by atoms with Crippen LogP contribution in [-0.4, -0.2) is 58.7 Å². The maximum Gasteiger partial charge on any atom is 0.162 e. The summed E-state index contributed by atoms with van der Waals surface area (Å²) in [6, 6.07) is 13.4. The lowest BCUT2D eigenvalue weighted by Gasteiger charge is -2.26. The lowest BCUT2D eigenvalue weighted by molar-refractivity contribution is 0.0371. The highest BCUT2D eigenvalue weighted by atomic mass is 35.5. The maximum atomic E-state index is 12.7. The standard InChI is InChI=1S/C28H28Cl2N4O3/c1-18(27-23(29)16-31-17-24(27)30)37-21-8-9-25-22(15-21)28(33-32-25)20-6-4-19(5-7-20)26(35)3-2-10-34-11-13-36-14-12-34/h4-9,15-18H,2-3,10-14H2,1H3,(H,32,33). The van der Waals surface area contributed by atoms with Gasteiger partial charge >= 0.3 is 0 Å². The van der Waals surface area contributed by atoms with Gasteiger partial charge in [0, 0.05) is 54.0 Å². The number of halogens is 2. The summed E-state index contributed by atoms with van der Waals surface area (Å²) in [5, 5.41) is 9.43. The van der Waals surface area contributed by atoms with Crippen LogP contribution in [0.15, 0.2) is 54.9 Å². The molecule has 0 radical (unpaired) electrons. The predicted octanol–water partition coefficient (Wildman–Crippen LogP) is 6.37. The first-order valence-electron chi connectivity index (χ1n) is 12.4. The molecule has 1 unspecified atom stereocenters. The topological polar surface area (TPSA) is 80.3 Å². The second-order valence-electron chi connectivity index (χ2n) is 9.11. The molecule has 0 spiro atoms. The van der Waals surface area contributed by atoms with Crippen LogP contribution in [0.2, 0.25) is 10.0 Å². The van der Waals surface area contributed by atoms with E-state index in [0.717, 1.165) is 67.0 Å². The van der Waals surface area contributed by atoms with Crippen molar-refractivity contribution in [2.24, 2.45) is 0 Å². The SMILES string of the molecule is CC(Oc1ccc2[nH]nc(-c3ccc(C(=O)CCCN4CCOCC4)cc3)c2c1)c1c(Cl)cncc1Cl. The molecule has 7 nitrogen and oxygen atoms in total. The lowest BCUT2D eigenvalue weighted by Crippen LogP contribution is -2.36. The van der Waals surface area contributed by atoms with Crippen molar-refractivity contribution in [2.75, 3.05) is 32.8 Å². The van der Waals surface area contributed by atoms with E-state index in [0.29, 0.717) is 27.8 Å². The molecule has 1 atom stereocenters. The van der Waals surface area contributed by atoms with Crippen LogP contribution in [0.25, 0.3) is 22.2 Å². The fourth-order valence-electron chi connectivity index (χ4n) is 4.61. The number of H-pyrrole nitrogens is 1. The van der Waals surface area contributed by atoms with E-state index >= 15 is 0 Å². The van der Waals surface area contributed by atoms with Gasteiger partial charge in [-0.2, -0.15) is 5.10 Å². The van der Waals surface area contributed by atoms with Gasteiger partial charge in [0.15, 0.2) is 5.78 Å². The fraction of sp³-hybridized carbons (Fsp3) is 0.321. The Morgan fingerprint density at radius 2 is 1.84 bits per heavy atom. The Balaban J connectivity index is 1.27. The van der Waals surface area contributed by atoms with Crippen molar-refractivity contribution in [2.45, 2.75) is 25.9 Å². The summed E-state index contributed by atoms with van der Waals surface area (Å²) in [5.41, 5.74) is 4.00. The van der Waals surface area contributed by atoms with Crippen LogP contribution in [0.4, 0.5) is 0 Å². The Bertz CT molecular complexity index is 1360. The molecule has 1 N–H and O–H groups in total. The van der Waals surface area contributed by atoms with Crippen LogP contribution in [-0.2, 0) is 4.74 Å². The third kappa shape index (κ3) is 5.96. The molecule has 192 valence electrons. The molecule has 4 aromatic rings. The maximum absolute atomic E-state index is 12.7. The average molecular weight is 539 g/mol. The van der Waals surface area contributed by atoms with Gasteiger partial charge in [-0.05, 0) is 38.1 Å². The number of hydrogen-bond donors (Lipinski definition) is 1. The Morgan fingerprint density at radius 3 is 2.57 bits per heavy atom. The Morgan fingerprint density at radius 1 is 1.11 bits per heavy atom. The Hall–Kier alpha value is -2.97. The largest absolute Gasteiger partial charge is 0.486 e. The number of pyridine rings is 1. The number of nitrogens with zero attached hydrogens (tertiary/aromatic N) is 3. The second kappa shape index (κ2) is 11.6. The number of carbonyl (C=O) groups excluding carboxylic acids is 1. The lowest BCUT2D eigenvalue weighted by atomic mass is 10.0. The molecule has 0 saturated carbocycles. The van der Waals surface area contributed by atoms with Crippen molar-refractivity contribution in [1.82, 2.24) is 20.1 Å². The first kappa shape index (κ1) is 25.7. The number of morpholine rings is 1. The molecule has 5 rings (SSSR count). The number of Topliss-reactive ketones (excluding diaryl/α,β-unsaturated/α-hetero) is 1. The van der Waals surface area contributed by atoms with E-state index in [2.05, 4.69) is 20.1 Å². The van der Waals surface area contributed by atoms with Gasteiger partial charge in [0.2, 0.25) is 0 Å². The number of aromatic nitrogens is 3. The van der Waals surface area contributed by atoms with E-state index in [9.17, 15) is 4.79 Å². The predicted molar refractivity (Wildman–Crippen MR) is 146 cm³/mol. The van der Waals surface area contributed by atoms with Crippen LogP contribution in [0.3, 0.4) is 0 Å². The van der Waals surface area contributed by atoms with E-state index in [1.165, 1.54) is 0 Å². The minimum atomic E-state index is -0.371. The average Bonchev–Trinajstić information content (AvgIpc) is 3.32. The van der Waals surface area contributed by atoms with Gasteiger partial charge < -0.3 is 9.47 Å². The molecule has 0 amide bonds. The van der Waals surface area contributed by atoms with Gasteiger partial charge in [-0.1, -0.05) is 47.5 Å². The minimum absolute atomic E-state index is 0.157. The zero-order valence-corrected chi connectivity index (χ0v) is 22.1. The summed E-state index contributed by atoms with van der Waals surface area (Å²) in [5.74, 6) is 0.823. The molecule has 1 fully saturated rings. The molecular weight excluding hydrogens is 511 g/mol. The van der Waals surface area contributed by atoms with E-state index in [-0.39, 0.29) is 11.9 Å². The molecule has 1 saturated heterocycles. The molecule has 2 aromatic carbocycles. The number of ether oxygens (including phenoxy) is 2. The zero-order valence-electron chi connectivity index (χ0n) is 20.5. The van der Waals surface area contributed by atoms with Crippen molar-refractivity contribution in [3.63, 3.8) is 0 Å². The highest BCUT2D eigenvalue weighted by molar-refractivity contribution is 6.35. The first-order chi connectivity index (χ1) is 18.0. The highest BCUT2D eigenvalue weighted by Gasteiger charge is 2.18. The smallest absolute Gasteiger partial charge is 0.162 e. The number of hydrogen-bond acceptors (Lipinski definition) is 6. The van der Waals surface area contributed by atoms with E-state index in [1.54, 1.807) is 12.4 Å². The molecule has 0 aliphatic carbocycles. The van der Waals surface area contributed by atoms with Crippen molar-refractivity contribution in [1.29, 1.82) is 0 Å². The normalized spacial score (nSPS) is 15.1. The summed E-state index contributed by atoms with van der Waals surface area (Å²) in [7, 11) is 0. The quantitative estimate of drug-likeness (QED) is 0.249. The summed E-state index contributed by atoms with van der Waals surface area (Å²) in [6.07, 6.45) is 4.12. The highest BCUT2D eigenvalue weighted by Crippen LogP contribution is 2.34. The monoisotopic (exact) mass is 538 g/mol. The van der Waals surface area contributed by atoms with Crippen LogP contribution in [0, 0.1) is 0 Å². The van der Waals surface area contributed by atoms with Gasteiger partial charge in [0.05, 0.1) is 28.8 Å². The summed E-state index contributed by atoms with van der Waals surface area (Å²) >= 11 is 12.6. The number of benzene rings is 2. The number of ketones is 1. The van der Waals surface area contributed by atoms with Gasteiger partial charge in [0.1, 0.15) is 17.5 Å². The number of rotatable bonds is 9. The molecule has 9 heteroatoms. The molecule has 1 aliphatic heterocycles. The van der Waals surface area contributed by atoms with Gasteiger partial charge in [-0.25, -0.2) is 0 Å².